The molecule has 8 heteroatoms. The van der Waals surface area contributed by atoms with Gasteiger partial charge in [-0.3, -0.25) is 14.9 Å². The van der Waals surface area contributed by atoms with Gasteiger partial charge in [0.1, 0.15) is 5.69 Å². The number of nitrogens with zero attached hydrogens (tertiary/aromatic N) is 2. The summed E-state index contributed by atoms with van der Waals surface area (Å²) in [6, 6.07) is 6.44. The van der Waals surface area contributed by atoms with Crippen molar-refractivity contribution in [3.63, 3.8) is 0 Å². The molecule has 1 aliphatic heterocycles. The van der Waals surface area contributed by atoms with Crippen LogP contribution in [0, 0.1) is 15.5 Å². The van der Waals surface area contributed by atoms with E-state index >= 15 is 0 Å². The predicted molar refractivity (Wildman–Crippen MR) is 96.8 cm³/mol. The highest BCUT2D eigenvalue weighted by atomic mass is 35.5. The van der Waals surface area contributed by atoms with E-state index in [2.05, 4.69) is 17.6 Å². The number of piperidine rings is 1. The van der Waals surface area contributed by atoms with Crippen LogP contribution in [0.3, 0.4) is 0 Å². The van der Waals surface area contributed by atoms with Gasteiger partial charge in [0.15, 0.2) is 0 Å². The smallest absolute Gasteiger partial charge is 0.292 e. The van der Waals surface area contributed by atoms with Crippen LogP contribution in [0.1, 0.15) is 19.8 Å². The van der Waals surface area contributed by atoms with Crippen molar-refractivity contribution >= 4 is 29.7 Å². The van der Waals surface area contributed by atoms with Crippen molar-refractivity contribution in [1.82, 2.24) is 10.6 Å². The maximum atomic E-state index is 12.2. The number of benzene rings is 1. The van der Waals surface area contributed by atoms with Gasteiger partial charge in [-0.1, -0.05) is 19.1 Å². The third-order valence-electron chi connectivity index (χ3n) is 4.39. The minimum atomic E-state index is -0.431. The number of para-hydroxylation sites is 2. The molecule has 0 atom stereocenters. The predicted octanol–water partition coefficient (Wildman–Crippen LogP) is 1.96. The first-order valence-electron chi connectivity index (χ1n) is 7.83. The lowest BCUT2D eigenvalue weighted by Crippen LogP contribution is -2.45. The lowest BCUT2D eigenvalue weighted by Gasteiger charge is -2.34. The van der Waals surface area contributed by atoms with E-state index < -0.39 is 4.92 Å². The molecule has 0 spiro atoms. The van der Waals surface area contributed by atoms with E-state index in [1.54, 1.807) is 30.1 Å². The molecule has 0 unspecified atom stereocenters. The van der Waals surface area contributed by atoms with Gasteiger partial charge in [-0.15, -0.1) is 12.4 Å². The number of nitrogens with one attached hydrogen (secondary N) is 2. The number of amides is 1. The molecule has 0 aliphatic carbocycles. The number of carbonyl (C=O) groups excluding carboxylic acids is 1. The van der Waals surface area contributed by atoms with E-state index in [1.165, 1.54) is 6.07 Å². The molecule has 1 amide bonds. The maximum absolute atomic E-state index is 12.2. The minimum absolute atomic E-state index is 0. The summed E-state index contributed by atoms with van der Waals surface area (Å²) in [5.74, 6) is -0.120. The van der Waals surface area contributed by atoms with E-state index in [0.717, 1.165) is 25.9 Å². The molecule has 1 aromatic carbocycles. The Morgan fingerprint density at radius 2 is 2.00 bits per heavy atom. The van der Waals surface area contributed by atoms with E-state index in [9.17, 15) is 14.9 Å². The fourth-order valence-corrected chi connectivity index (χ4v) is 2.82. The van der Waals surface area contributed by atoms with Crippen LogP contribution in [0.5, 0.6) is 0 Å². The van der Waals surface area contributed by atoms with Crippen LogP contribution < -0.4 is 15.5 Å². The maximum Gasteiger partial charge on any atom is 0.292 e. The molecule has 0 saturated carbocycles. The van der Waals surface area contributed by atoms with Crippen LogP contribution in [0.4, 0.5) is 11.4 Å². The van der Waals surface area contributed by atoms with Crippen molar-refractivity contribution in [3.8, 4) is 0 Å². The molecule has 1 aliphatic rings. The lowest BCUT2D eigenvalue weighted by molar-refractivity contribution is -0.384. The van der Waals surface area contributed by atoms with Gasteiger partial charge in [-0.25, -0.2) is 0 Å². The molecule has 1 fully saturated rings. The van der Waals surface area contributed by atoms with Gasteiger partial charge < -0.3 is 15.5 Å². The van der Waals surface area contributed by atoms with Gasteiger partial charge in [-0.05, 0) is 37.4 Å². The quantitative estimate of drug-likeness (QED) is 0.601. The summed E-state index contributed by atoms with van der Waals surface area (Å²) in [7, 11) is 1.69. The summed E-state index contributed by atoms with van der Waals surface area (Å²) in [4.78, 5) is 24.4. The number of halogens is 1. The highest BCUT2D eigenvalue weighted by Crippen LogP contribution is 2.27. The van der Waals surface area contributed by atoms with Crippen LogP contribution >= 0.6 is 12.4 Å². The first-order valence-corrected chi connectivity index (χ1v) is 7.83. The van der Waals surface area contributed by atoms with Crippen molar-refractivity contribution in [3.05, 3.63) is 34.4 Å². The Morgan fingerprint density at radius 1 is 1.38 bits per heavy atom. The molecule has 0 aromatic heterocycles. The van der Waals surface area contributed by atoms with Crippen molar-refractivity contribution in [2.45, 2.75) is 19.8 Å². The normalized spacial score (nSPS) is 15.9. The third kappa shape index (κ3) is 5.35. The second kappa shape index (κ2) is 8.84. The molecule has 1 heterocycles. The monoisotopic (exact) mass is 356 g/mol. The van der Waals surface area contributed by atoms with Crippen LogP contribution in [0.2, 0.25) is 0 Å². The second-order valence-electron chi connectivity index (χ2n) is 6.44. The number of likely N-dealkylation sites (N-methyl/N-ethyl adjacent to an activating group) is 1. The van der Waals surface area contributed by atoms with Crippen molar-refractivity contribution < 1.29 is 9.72 Å². The number of nitro groups is 1. The van der Waals surface area contributed by atoms with Crippen LogP contribution in [0.15, 0.2) is 24.3 Å². The number of carbonyl (C=O) groups is 1. The summed E-state index contributed by atoms with van der Waals surface area (Å²) in [5.41, 5.74) is 0.576. The number of hydrogen-bond acceptors (Lipinski definition) is 5. The second-order valence-corrected chi connectivity index (χ2v) is 6.44. The van der Waals surface area contributed by atoms with Crippen LogP contribution in [0.25, 0.3) is 0 Å². The topological polar surface area (TPSA) is 87.5 Å². The van der Waals surface area contributed by atoms with Crippen LogP contribution in [-0.2, 0) is 4.79 Å². The lowest BCUT2D eigenvalue weighted by atomic mass is 9.81. The van der Waals surface area contributed by atoms with E-state index in [0.29, 0.717) is 12.2 Å². The highest BCUT2D eigenvalue weighted by molar-refractivity contribution is 5.85. The molecular formula is C16H25ClN4O3. The fourth-order valence-electron chi connectivity index (χ4n) is 2.82. The van der Waals surface area contributed by atoms with Crippen molar-refractivity contribution in [2.24, 2.45) is 5.41 Å². The zero-order chi connectivity index (χ0) is 16.9. The molecule has 7 nitrogen and oxygen atoms in total. The van der Waals surface area contributed by atoms with Crippen molar-refractivity contribution in [1.29, 1.82) is 0 Å². The third-order valence-corrected chi connectivity index (χ3v) is 4.39. The molecule has 2 rings (SSSR count). The average Bonchev–Trinajstić information content (AvgIpc) is 2.53. The zero-order valence-electron chi connectivity index (χ0n) is 14.1. The number of anilines is 1. The summed E-state index contributed by atoms with van der Waals surface area (Å²) >= 11 is 0. The van der Waals surface area contributed by atoms with E-state index in [4.69, 9.17) is 0 Å². The average molecular weight is 357 g/mol. The van der Waals surface area contributed by atoms with Gasteiger partial charge in [0.2, 0.25) is 5.91 Å². The molecule has 2 N–H and O–H groups in total. The molecule has 0 bridgehead atoms. The molecular weight excluding hydrogens is 332 g/mol. The Labute approximate surface area is 148 Å². The Kier molecular flexibility index (Phi) is 7.44. The SMILES string of the molecule is CN(CC(=O)NCC1(C)CCNCC1)c1ccccc1[N+](=O)[O-].Cl. The highest BCUT2D eigenvalue weighted by Gasteiger charge is 2.27. The molecule has 24 heavy (non-hydrogen) atoms. The Balaban J connectivity index is 0.00000288. The Bertz CT molecular complexity index is 576. The molecule has 1 aromatic rings. The Morgan fingerprint density at radius 3 is 2.62 bits per heavy atom. The summed E-state index contributed by atoms with van der Waals surface area (Å²) < 4.78 is 0. The Hall–Kier alpha value is -1.86. The largest absolute Gasteiger partial charge is 0.360 e. The number of rotatable bonds is 6. The minimum Gasteiger partial charge on any atom is -0.360 e. The molecule has 1 saturated heterocycles. The van der Waals surface area contributed by atoms with Crippen LogP contribution in [-0.4, -0.2) is 44.1 Å². The van der Waals surface area contributed by atoms with E-state index in [1.807, 2.05) is 0 Å². The van der Waals surface area contributed by atoms with Gasteiger partial charge in [0.25, 0.3) is 5.69 Å². The number of hydrogen-bond donors (Lipinski definition) is 2. The van der Waals surface area contributed by atoms with Gasteiger partial charge in [0, 0.05) is 19.7 Å². The molecule has 134 valence electrons. The van der Waals surface area contributed by atoms with E-state index in [-0.39, 0.29) is 36.0 Å². The van der Waals surface area contributed by atoms with Gasteiger partial charge in [-0.2, -0.15) is 0 Å². The first-order chi connectivity index (χ1) is 10.9. The van der Waals surface area contributed by atoms with Gasteiger partial charge >= 0.3 is 0 Å². The number of nitro benzene ring substituents is 1. The zero-order valence-corrected chi connectivity index (χ0v) is 14.9. The summed E-state index contributed by atoms with van der Waals surface area (Å²) in [6.45, 7) is 4.86. The van der Waals surface area contributed by atoms with Crippen molar-refractivity contribution in [2.75, 3.05) is 38.1 Å². The standard InChI is InChI=1S/C16H24N4O3.ClH/c1-16(7-9-17-10-8-16)12-18-15(21)11-19(2)13-5-3-4-6-14(13)20(22)23;/h3-6,17H,7-12H2,1-2H3,(H,18,21);1H. The first kappa shape index (κ1) is 20.2. The van der Waals surface area contributed by atoms with Gasteiger partial charge in [0.05, 0.1) is 11.5 Å². The molecule has 0 radical (unpaired) electrons. The fraction of sp³-hybridized carbons (Fsp3) is 0.562. The summed E-state index contributed by atoms with van der Waals surface area (Å²) in [5, 5.41) is 17.3. The summed E-state index contributed by atoms with van der Waals surface area (Å²) in [6.07, 6.45) is 2.07.